The third-order valence-electron chi connectivity index (χ3n) is 2.87. The van der Waals surface area contributed by atoms with Crippen LogP contribution in [-0.4, -0.2) is 23.0 Å². The smallest absolute Gasteiger partial charge is 0.159 e. The van der Waals surface area contributed by atoms with Gasteiger partial charge >= 0.3 is 0 Å². The Labute approximate surface area is 96.5 Å². The minimum atomic E-state index is -0.308. The van der Waals surface area contributed by atoms with Crippen molar-refractivity contribution >= 4 is 11.5 Å². The first-order valence-corrected chi connectivity index (χ1v) is 5.51. The second-order valence-electron chi connectivity index (χ2n) is 4.33. The lowest BCUT2D eigenvalue weighted by Crippen LogP contribution is -2.37. The summed E-state index contributed by atoms with van der Waals surface area (Å²) in [5.41, 5.74) is 1.31. The fourth-order valence-electron chi connectivity index (χ4n) is 1.38. The van der Waals surface area contributed by atoms with Gasteiger partial charge in [-0.15, -0.1) is 0 Å². The summed E-state index contributed by atoms with van der Waals surface area (Å²) in [6.07, 6.45) is 0.831. The quantitative estimate of drug-likeness (QED) is 0.751. The highest BCUT2D eigenvalue weighted by molar-refractivity contribution is 5.94. The molecule has 0 heterocycles. The Morgan fingerprint density at radius 2 is 1.94 bits per heavy atom. The van der Waals surface area contributed by atoms with Crippen molar-refractivity contribution in [1.82, 2.24) is 0 Å². The highest BCUT2D eigenvalue weighted by Gasteiger charge is 2.20. The molecule has 0 saturated carbocycles. The molecule has 0 amide bonds. The molecule has 16 heavy (non-hydrogen) atoms. The van der Waals surface area contributed by atoms with Gasteiger partial charge in [-0.25, -0.2) is 0 Å². The first-order chi connectivity index (χ1) is 7.50. The van der Waals surface area contributed by atoms with Gasteiger partial charge in [-0.1, -0.05) is 6.92 Å². The van der Waals surface area contributed by atoms with Crippen LogP contribution in [0.2, 0.25) is 0 Å². The standard InChI is InChI=1S/C13H19NO2/c1-4-13(3,9-15)14-12-7-5-11(6-8-12)10(2)16/h5-8,14-15H,4,9H2,1-3H3. The molecule has 1 aromatic rings. The van der Waals surface area contributed by atoms with Gasteiger partial charge < -0.3 is 10.4 Å². The normalized spacial score (nSPS) is 14.2. The summed E-state index contributed by atoms with van der Waals surface area (Å²) in [5.74, 6) is 0.0620. The number of anilines is 1. The zero-order valence-electron chi connectivity index (χ0n) is 10.1. The fourth-order valence-corrected chi connectivity index (χ4v) is 1.38. The summed E-state index contributed by atoms with van der Waals surface area (Å²) < 4.78 is 0. The summed E-state index contributed by atoms with van der Waals surface area (Å²) in [4.78, 5) is 11.1. The van der Waals surface area contributed by atoms with Crippen LogP contribution in [0.25, 0.3) is 0 Å². The maximum absolute atomic E-state index is 11.1. The number of hydrogen-bond donors (Lipinski definition) is 2. The Morgan fingerprint density at radius 3 is 2.31 bits per heavy atom. The van der Waals surface area contributed by atoms with Gasteiger partial charge in [0, 0.05) is 11.3 Å². The molecule has 1 atom stereocenters. The Balaban J connectivity index is 2.79. The maximum atomic E-state index is 11.1. The molecule has 0 spiro atoms. The van der Waals surface area contributed by atoms with Gasteiger partial charge in [0.25, 0.3) is 0 Å². The molecule has 3 nitrogen and oxygen atoms in total. The SMILES string of the molecule is CCC(C)(CO)Nc1ccc(C(C)=O)cc1. The highest BCUT2D eigenvalue weighted by atomic mass is 16.3. The molecule has 0 aliphatic heterocycles. The van der Waals surface area contributed by atoms with Crippen LogP contribution in [0.3, 0.4) is 0 Å². The molecule has 1 unspecified atom stereocenters. The van der Waals surface area contributed by atoms with E-state index in [9.17, 15) is 9.90 Å². The number of ketones is 1. The van der Waals surface area contributed by atoms with E-state index >= 15 is 0 Å². The van der Waals surface area contributed by atoms with E-state index in [-0.39, 0.29) is 17.9 Å². The summed E-state index contributed by atoms with van der Waals surface area (Å²) >= 11 is 0. The number of rotatable bonds is 5. The number of Topliss-reactive ketones (excluding diaryl/α,β-unsaturated/α-hetero) is 1. The van der Waals surface area contributed by atoms with Crippen LogP contribution in [0.5, 0.6) is 0 Å². The van der Waals surface area contributed by atoms with Gasteiger partial charge in [-0.3, -0.25) is 4.79 Å². The average Bonchev–Trinajstić information content (AvgIpc) is 2.29. The van der Waals surface area contributed by atoms with Crippen molar-refractivity contribution in [3.63, 3.8) is 0 Å². The van der Waals surface area contributed by atoms with Crippen molar-refractivity contribution in [2.24, 2.45) is 0 Å². The predicted molar refractivity (Wildman–Crippen MR) is 65.9 cm³/mol. The number of carbonyl (C=O) groups is 1. The number of benzene rings is 1. The molecule has 0 aliphatic carbocycles. The van der Waals surface area contributed by atoms with Gasteiger partial charge in [0.2, 0.25) is 0 Å². The molecule has 0 fully saturated rings. The summed E-state index contributed by atoms with van der Waals surface area (Å²) in [5, 5.41) is 12.5. The Kier molecular flexibility index (Phi) is 4.07. The molecule has 88 valence electrons. The Hall–Kier alpha value is -1.35. The van der Waals surface area contributed by atoms with Crippen molar-refractivity contribution in [2.45, 2.75) is 32.7 Å². The minimum Gasteiger partial charge on any atom is -0.394 e. The summed E-state index contributed by atoms with van der Waals surface area (Å²) in [6, 6.07) is 7.30. The van der Waals surface area contributed by atoms with Crippen LogP contribution < -0.4 is 5.32 Å². The third kappa shape index (κ3) is 3.07. The molecule has 0 aromatic heterocycles. The van der Waals surface area contributed by atoms with E-state index in [0.717, 1.165) is 12.1 Å². The molecular weight excluding hydrogens is 202 g/mol. The summed E-state index contributed by atoms with van der Waals surface area (Å²) in [7, 11) is 0. The lowest BCUT2D eigenvalue weighted by molar-refractivity contribution is 0.101. The number of aliphatic hydroxyl groups is 1. The molecule has 2 N–H and O–H groups in total. The molecule has 0 bridgehead atoms. The van der Waals surface area contributed by atoms with Gasteiger partial charge in [0.15, 0.2) is 5.78 Å². The molecule has 3 heteroatoms. The van der Waals surface area contributed by atoms with E-state index in [2.05, 4.69) is 5.32 Å². The van der Waals surface area contributed by atoms with E-state index in [4.69, 9.17) is 0 Å². The second kappa shape index (κ2) is 5.12. The van der Waals surface area contributed by atoms with Gasteiger partial charge in [0.05, 0.1) is 12.1 Å². The minimum absolute atomic E-state index is 0.0620. The third-order valence-corrected chi connectivity index (χ3v) is 2.87. The topological polar surface area (TPSA) is 49.3 Å². The number of nitrogens with one attached hydrogen (secondary N) is 1. The van der Waals surface area contributed by atoms with Gasteiger partial charge in [-0.2, -0.15) is 0 Å². The van der Waals surface area contributed by atoms with E-state index in [1.54, 1.807) is 19.1 Å². The first-order valence-electron chi connectivity index (χ1n) is 5.51. The van der Waals surface area contributed by atoms with Crippen molar-refractivity contribution in [3.8, 4) is 0 Å². The molecule has 1 aromatic carbocycles. The van der Waals surface area contributed by atoms with Crippen LogP contribution in [-0.2, 0) is 0 Å². The number of hydrogen-bond acceptors (Lipinski definition) is 3. The van der Waals surface area contributed by atoms with Gasteiger partial charge in [0.1, 0.15) is 0 Å². The van der Waals surface area contributed by atoms with Crippen molar-refractivity contribution < 1.29 is 9.90 Å². The van der Waals surface area contributed by atoms with Crippen molar-refractivity contribution in [3.05, 3.63) is 29.8 Å². The number of aliphatic hydroxyl groups excluding tert-OH is 1. The monoisotopic (exact) mass is 221 g/mol. The van der Waals surface area contributed by atoms with Crippen LogP contribution in [0.4, 0.5) is 5.69 Å². The maximum Gasteiger partial charge on any atom is 0.159 e. The van der Waals surface area contributed by atoms with E-state index in [1.807, 2.05) is 26.0 Å². The zero-order valence-corrected chi connectivity index (χ0v) is 10.1. The predicted octanol–water partition coefficient (Wildman–Crippen LogP) is 2.46. The van der Waals surface area contributed by atoms with Crippen LogP contribution in [0.15, 0.2) is 24.3 Å². The Bertz CT molecular complexity index is 353. The summed E-state index contributed by atoms with van der Waals surface area (Å²) in [6.45, 7) is 5.61. The lowest BCUT2D eigenvalue weighted by Gasteiger charge is -2.28. The van der Waals surface area contributed by atoms with Crippen LogP contribution >= 0.6 is 0 Å². The zero-order chi connectivity index (χ0) is 12.2. The molecular formula is C13H19NO2. The molecule has 0 aliphatic rings. The first kappa shape index (κ1) is 12.7. The highest BCUT2D eigenvalue weighted by Crippen LogP contribution is 2.18. The van der Waals surface area contributed by atoms with Crippen molar-refractivity contribution in [1.29, 1.82) is 0 Å². The largest absolute Gasteiger partial charge is 0.394 e. The second-order valence-corrected chi connectivity index (χ2v) is 4.33. The lowest BCUT2D eigenvalue weighted by atomic mass is 9.99. The van der Waals surface area contributed by atoms with E-state index < -0.39 is 0 Å². The Morgan fingerprint density at radius 1 is 1.38 bits per heavy atom. The molecule has 1 rings (SSSR count). The number of carbonyl (C=O) groups excluding carboxylic acids is 1. The fraction of sp³-hybridized carbons (Fsp3) is 0.462. The molecule has 0 radical (unpaired) electrons. The van der Waals surface area contributed by atoms with E-state index in [1.165, 1.54) is 0 Å². The van der Waals surface area contributed by atoms with Crippen molar-refractivity contribution in [2.75, 3.05) is 11.9 Å². The van der Waals surface area contributed by atoms with Crippen LogP contribution in [0.1, 0.15) is 37.6 Å². The van der Waals surface area contributed by atoms with E-state index in [0.29, 0.717) is 5.56 Å². The van der Waals surface area contributed by atoms with Crippen LogP contribution in [0, 0.1) is 0 Å². The molecule has 0 saturated heterocycles. The average molecular weight is 221 g/mol. The van der Waals surface area contributed by atoms with Gasteiger partial charge in [-0.05, 0) is 44.5 Å².